The van der Waals surface area contributed by atoms with Crippen molar-refractivity contribution < 1.29 is 30.0 Å². The first kappa shape index (κ1) is 14.0. The van der Waals surface area contributed by atoms with Gasteiger partial charge >= 0.3 is 0 Å². The van der Waals surface area contributed by atoms with E-state index in [1.807, 2.05) is 0 Å². The van der Waals surface area contributed by atoms with Gasteiger partial charge in [-0.05, 0) is 6.92 Å². The van der Waals surface area contributed by atoms with Gasteiger partial charge in [0.1, 0.15) is 12.2 Å². The van der Waals surface area contributed by atoms with Crippen LogP contribution < -0.4 is 0 Å². The van der Waals surface area contributed by atoms with E-state index in [9.17, 15) is 19.8 Å². The summed E-state index contributed by atoms with van der Waals surface area (Å²) in [4.78, 5) is 22.3. The topological polar surface area (TPSA) is 118 Å². The van der Waals surface area contributed by atoms with Crippen molar-refractivity contribution in [1.82, 2.24) is 4.90 Å². The molecule has 0 spiro atoms. The molecule has 0 bridgehead atoms. The molecule has 3 atom stereocenters. The first-order chi connectivity index (χ1) is 6.99. The Hall–Kier alpha value is -1.02. The minimum Gasteiger partial charge on any atom is -0.394 e. The van der Waals surface area contributed by atoms with E-state index >= 15 is 0 Å². The van der Waals surface area contributed by atoms with Crippen molar-refractivity contribution in [3.05, 3.63) is 0 Å². The number of likely N-dealkylation sites (N-methyl/N-ethyl adjacent to an activating group) is 1. The number of hydrogen-bond acceptors (Lipinski definition) is 6. The van der Waals surface area contributed by atoms with E-state index in [4.69, 9.17) is 10.2 Å². The van der Waals surface area contributed by atoms with E-state index in [-0.39, 0.29) is 13.0 Å². The Morgan fingerprint density at radius 2 is 1.93 bits per heavy atom. The van der Waals surface area contributed by atoms with Crippen LogP contribution in [0.5, 0.6) is 0 Å². The van der Waals surface area contributed by atoms with Crippen molar-refractivity contribution in [2.75, 3.05) is 13.2 Å². The van der Waals surface area contributed by atoms with E-state index in [0.29, 0.717) is 4.90 Å². The third-order valence-electron chi connectivity index (χ3n) is 1.91. The molecule has 0 aromatic carbocycles. The number of imide groups is 1. The minimum atomic E-state index is -1.93. The van der Waals surface area contributed by atoms with Crippen LogP contribution in [-0.4, -0.2) is 69.1 Å². The molecule has 4 N–H and O–H groups in total. The van der Waals surface area contributed by atoms with Gasteiger partial charge < -0.3 is 20.4 Å². The Kier molecular flexibility index (Phi) is 6.02. The first-order valence-corrected chi connectivity index (χ1v) is 4.40. The number of hydrogen-bond donors (Lipinski definition) is 4. The minimum absolute atomic E-state index is 0.0430. The summed E-state index contributed by atoms with van der Waals surface area (Å²) in [5, 5.41) is 35.8. The molecule has 0 radical (unpaired) electrons. The third kappa shape index (κ3) is 3.56. The summed E-state index contributed by atoms with van der Waals surface area (Å²) in [5.74, 6) is -1.02. The molecule has 0 rings (SSSR count). The lowest BCUT2D eigenvalue weighted by atomic mass is 10.1. The summed E-state index contributed by atoms with van der Waals surface area (Å²) in [5.41, 5.74) is 0. The molecule has 0 fully saturated rings. The summed E-state index contributed by atoms with van der Waals surface area (Å²) in [7, 11) is 0. The monoisotopic (exact) mass is 221 g/mol. The second-order valence-corrected chi connectivity index (χ2v) is 2.92. The van der Waals surface area contributed by atoms with Crippen LogP contribution in [0.1, 0.15) is 6.92 Å². The zero-order valence-corrected chi connectivity index (χ0v) is 8.28. The Morgan fingerprint density at radius 3 is 2.27 bits per heavy atom. The van der Waals surface area contributed by atoms with Gasteiger partial charge in [-0.25, -0.2) is 0 Å². The van der Waals surface area contributed by atoms with Crippen molar-refractivity contribution in [3.8, 4) is 0 Å². The highest BCUT2D eigenvalue weighted by molar-refractivity contribution is 5.89. The highest BCUT2D eigenvalue weighted by Gasteiger charge is 2.32. The molecular formula is C8H15NO6. The third-order valence-corrected chi connectivity index (χ3v) is 1.91. The number of rotatable bonds is 6. The number of nitrogens with zero attached hydrogens (tertiary/aromatic N) is 1. The van der Waals surface area contributed by atoms with Crippen LogP contribution in [0.4, 0.5) is 0 Å². The van der Waals surface area contributed by atoms with Gasteiger partial charge in [-0.2, -0.15) is 0 Å². The standard InChI is InChI=1S/C8H15NO6/c1-2-9(4-11)8(15)7(14)6(13)5(12)3-10/h4-7,10,12-14H,2-3H2,1H3/t5-,6-,7-/m0/s1. The van der Waals surface area contributed by atoms with Gasteiger partial charge in [0.2, 0.25) is 6.41 Å². The van der Waals surface area contributed by atoms with Crippen LogP contribution in [0.25, 0.3) is 0 Å². The average Bonchev–Trinajstić information content (AvgIpc) is 2.27. The van der Waals surface area contributed by atoms with Gasteiger partial charge in [0.15, 0.2) is 6.10 Å². The summed E-state index contributed by atoms with van der Waals surface area (Å²) in [6.07, 6.45) is -5.17. The maximum Gasteiger partial charge on any atom is 0.260 e. The lowest BCUT2D eigenvalue weighted by molar-refractivity contribution is -0.155. The van der Waals surface area contributed by atoms with E-state index in [0.717, 1.165) is 0 Å². The summed E-state index contributed by atoms with van der Waals surface area (Å²) < 4.78 is 0. The maximum absolute atomic E-state index is 11.3. The fraction of sp³-hybridized carbons (Fsp3) is 0.750. The molecule has 0 aromatic rings. The van der Waals surface area contributed by atoms with E-state index < -0.39 is 30.8 Å². The van der Waals surface area contributed by atoms with Gasteiger partial charge in [0.05, 0.1) is 6.61 Å². The van der Waals surface area contributed by atoms with Crippen LogP contribution in [0.2, 0.25) is 0 Å². The van der Waals surface area contributed by atoms with Crippen LogP contribution in [0.3, 0.4) is 0 Å². The Balaban J connectivity index is 4.48. The van der Waals surface area contributed by atoms with Gasteiger partial charge in [0.25, 0.3) is 5.91 Å². The molecule has 0 aliphatic heterocycles. The zero-order chi connectivity index (χ0) is 12.0. The quantitative estimate of drug-likeness (QED) is 0.356. The number of aliphatic hydroxyl groups excluding tert-OH is 4. The van der Waals surface area contributed by atoms with Crippen molar-refractivity contribution in [3.63, 3.8) is 0 Å². The van der Waals surface area contributed by atoms with Gasteiger partial charge in [-0.1, -0.05) is 0 Å². The normalized spacial score (nSPS) is 16.6. The molecule has 7 heteroatoms. The molecule has 0 saturated heterocycles. The first-order valence-electron chi connectivity index (χ1n) is 4.40. The number of carbonyl (C=O) groups excluding carboxylic acids is 2. The highest BCUT2D eigenvalue weighted by Crippen LogP contribution is 2.03. The zero-order valence-electron chi connectivity index (χ0n) is 8.28. The summed E-state index contributed by atoms with van der Waals surface area (Å²) in [6, 6.07) is 0. The molecule has 0 heterocycles. The van der Waals surface area contributed by atoms with Crippen LogP contribution in [0, 0.1) is 0 Å². The molecule has 0 aliphatic rings. The van der Waals surface area contributed by atoms with Crippen LogP contribution in [-0.2, 0) is 9.59 Å². The van der Waals surface area contributed by atoms with Crippen molar-refractivity contribution >= 4 is 12.3 Å². The van der Waals surface area contributed by atoms with E-state index in [2.05, 4.69) is 0 Å². The SMILES string of the molecule is CCN(C=O)C(=O)[C@@H](O)[C@@H](O)[C@@H](O)CO. The molecule has 0 aromatic heterocycles. The largest absolute Gasteiger partial charge is 0.394 e. The second-order valence-electron chi connectivity index (χ2n) is 2.92. The lowest BCUT2D eigenvalue weighted by Crippen LogP contribution is -2.49. The van der Waals surface area contributed by atoms with E-state index in [1.54, 1.807) is 0 Å². The van der Waals surface area contributed by atoms with Gasteiger partial charge in [-0.15, -0.1) is 0 Å². The Labute approximate surface area is 86.6 Å². The fourth-order valence-electron chi connectivity index (χ4n) is 0.917. The number of amides is 2. The van der Waals surface area contributed by atoms with Crippen LogP contribution in [0.15, 0.2) is 0 Å². The second kappa shape index (κ2) is 6.46. The smallest absolute Gasteiger partial charge is 0.260 e. The molecular weight excluding hydrogens is 206 g/mol. The lowest BCUT2D eigenvalue weighted by Gasteiger charge is -2.23. The molecule has 0 saturated carbocycles. The van der Waals surface area contributed by atoms with Crippen LogP contribution >= 0.6 is 0 Å². The summed E-state index contributed by atoms with van der Waals surface area (Å²) in [6.45, 7) is 0.758. The van der Waals surface area contributed by atoms with Crippen molar-refractivity contribution in [1.29, 1.82) is 0 Å². The van der Waals surface area contributed by atoms with Crippen molar-refractivity contribution in [2.24, 2.45) is 0 Å². The Bertz CT molecular complexity index is 221. The molecule has 2 amide bonds. The van der Waals surface area contributed by atoms with Gasteiger partial charge in [-0.3, -0.25) is 14.5 Å². The molecule has 0 aliphatic carbocycles. The number of carbonyl (C=O) groups is 2. The van der Waals surface area contributed by atoms with E-state index in [1.165, 1.54) is 6.92 Å². The highest BCUT2D eigenvalue weighted by atomic mass is 16.4. The Morgan fingerprint density at radius 1 is 1.40 bits per heavy atom. The number of aliphatic hydroxyl groups is 4. The molecule has 15 heavy (non-hydrogen) atoms. The van der Waals surface area contributed by atoms with Crippen molar-refractivity contribution in [2.45, 2.75) is 25.2 Å². The molecule has 0 unspecified atom stereocenters. The average molecular weight is 221 g/mol. The predicted octanol–water partition coefficient (Wildman–Crippen LogP) is -2.93. The van der Waals surface area contributed by atoms with Gasteiger partial charge in [0, 0.05) is 6.54 Å². The summed E-state index contributed by atoms with van der Waals surface area (Å²) >= 11 is 0. The fourth-order valence-corrected chi connectivity index (χ4v) is 0.917. The molecule has 88 valence electrons. The maximum atomic E-state index is 11.3. The predicted molar refractivity (Wildman–Crippen MR) is 48.6 cm³/mol. The molecule has 7 nitrogen and oxygen atoms in total.